The van der Waals surface area contributed by atoms with Gasteiger partial charge in [0.1, 0.15) is 6.04 Å². The first-order valence-electron chi connectivity index (χ1n) is 10.6. The Morgan fingerprint density at radius 2 is 1.81 bits per heavy atom. The third kappa shape index (κ3) is 6.97. The van der Waals surface area contributed by atoms with Gasteiger partial charge in [0.15, 0.2) is 0 Å². The van der Waals surface area contributed by atoms with E-state index in [1.54, 1.807) is 31.2 Å². The smallest absolute Gasteiger partial charge is 0.451 e. The summed E-state index contributed by atoms with van der Waals surface area (Å²) in [6.45, 7) is 1.88. The molecule has 1 aliphatic carbocycles. The Balaban J connectivity index is 2.17. The van der Waals surface area contributed by atoms with Crippen LogP contribution in [0.5, 0.6) is 0 Å². The molecular formula is C22H31N3O6. The first-order valence-corrected chi connectivity index (χ1v) is 10.6. The van der Waals surface area contributed by atoms with E-state index in [9.17, 15) is 19.5 Å². The van der Waals surface area contributed by atoms with Crippen LogP contribution in [0.2, 0.25) is 0 Å². The number of aliphatic carboxylic acids is 1. The van der Waals surface area contributed by atoms with Gasteiger partial charge in [-0.05, 0) is 30.7 Å². The Kier molecular flexibility index (Phi) is 9.30. The minimum atomic E-state index is -1.09. The molecule has 1 aliphatic rings. The number of benzene rings is 1. The molecule has 0 saturated heterocycles. The molecule has 0 heterocycles. The summed E-state index contributed by atoms with van der Waals surface area (Å²) >= 11 is 0. The van der Waals surface area contributed by atoms with Crippen molar-refractivity contribution in [2.75, 3.05) is 13.7 Å². The number of nitrogens with one attached hydrogen (secondary N) is 1. The highest BCUT2D eigenvalue weighted by Gasteiger charge is 2.38. The lowest BCUT2D eigenvalue weighted by atomic mass is 9.83. The molecule has 9 nitrogen and oxygen atoms in total. The molecule has 0 bridgehead atoms. The molecule has 1 atom stereocenters. The number of rotatable bonds is 7. The van der Waals surface area contributed by atoms with Gasteiger partial charge in [0.25, 0.3) is 0 Å². The molecule has 9 heteroatoms. The average molecular weight is 434 g/mol. The summed E-state index contributed by atoms with van der Waals surface area (Å²) in [5, 5.41) is 18.7. The van der Waals surface area contributed by atoms with Crippen LogP contribution >= 0.6 is 0 Å². The standard InChI is InChI=1S/C22H31N3O6/c1-3-14-30-22(29)25(31-18(26)15-16-10-6-4-7-11-16)21(23)24(2)19(20(27)28)17-12-8-5-9-13-17/h4,6-7,10-11,17,19,23H,3,5,8-9,12-15H2,1-2H3,(H,27,28). The molecule has 0 aliphatic heterocycles. The van der Waals surface area contributed by atoms with Crippen molar-refractivity contribution in [2.45, 2.75) is 57.9 Å². The number of hydrogen-bond donors (Lipinski definition) is 2. The normalized spacial score (nSPS) is 14.9. The van der Waals surface area contributed by atoms with E-state index in [-0.39, 0.29) is 18.9 Å². The van der Waals surface area contributed by atoms with Crippen molar-refractivity contribution in [3.8, 4) is 0 Å². The summed E-state index contributed by atoms with van der Waals surface area (Å²) in [6.07, 6.45) is 3.74. The van der Waals surface area contributed by atoms with Gasteiger partial charge in [-0.2, -0.15) is 0 Å². The largest absolute Gasteiger partial charge is 0.480 e. The van der Waals surface area contributed by atoms with Crippen LogP contribution in [-0.4, -0.2) is 58.8 Å². The van der Waals surface area contributed by atoms with E-state index < -0.39 is 30.0 Å². The zero-order valence-electron chi connectivity index (χ0n) is 18.1. The van der Waals surface area contributed by atoms with Crippen LogP contribution in [0.25, 0.3) is 0 Å². The van der Waals surface area contributed by atoms with E-state index in [0.717, 1.165) is 32.1 Å². The van der Waals surface area contributed by atoms with Gasteiger partial charge in [0.05, 0.1) is 13.0 Å². The van der Waals surface area contributed by atoms with E-state index in [1.165, 1.54) is 11.9 Å². The van der Waals surface area contributed by atoms with E-state index >= 15 is 0 Å². The van der Waals surface area contributed by atoms with Gasteiger partial charge >= 0.3 is 18.0 Å². The number of carboxylic acid groups (broad SMARTS) is 1. The second-order valence-electron chi connectivity index (χ2n) is 7.65. The molecule has 2 N–H and O–H groups in total. The highest BCUT2D eigenvalue weighted by atomic mass is 16.8. The highest BCUT2D eigenvalue weighted by molar-refractivity contribution is 5.94. The number of hydroxylamine groups is 2. The second-order valence-corrected chi connectivity index (χ2v) is 7.65. The Labute approximate surface area is 182 Å². The van der Waals surface area contributed by atoms with E-state index in [4.69, 9.17) is 15.0 Å². The summed E-state index contributed by atoms with van der Waals surface area (Å²) < 4.78 is 5.06. The number of hydrogen-bond acceptors (Lipinski definition) is 6. The zero-order valence-corrected chi connectivity index (χ0v) is 18.1. The number of nitrogens with zero attached hydrogens (tertiary/aromatic N) is 2. The fourth-order valence-corrected chi connectivity index (χ4v) is 3.72. The minimum Gasteiger partial charge on any atom is -0.480 e. The molecular weight excluding hydrogens is 402 g/mol. The molecule has 1 fully saturated rings. The topological polar surface area (TPSA) is 120 Å². The van der Waals surface area contributed by atoms with Crippen molar-refractivity contribution >= 4 is 24.0 Å². The first kappa shape index (κ1) is 24.2. The van der Waals surface area contributed by atoms with Crippen molar-refractivity contribution in [3.63, 3.8) is 0 Å². The quantitative estimate of drug-likeness (QED) is 0.384. The Bertz CT molecular complexity index is 764. The first-order chi connectivity index (χ1) is 14.8. The summed E-state index contributed by atoms with van der Waals surface area (Å²) in [7, 11) is 1.42. The number of carbonyl (C=O) groups is 3. The minimum absolute atomic E-state index is 0.0769. The fraction of sp³-hybridized carbons (Fsp3) is 0.545. The van der Waals surface area contributed by atoms with Crippen LogP contribution in [0.4, 0.5) is 4.79 Å². The van der Waals surface area contributed by atoms with Crippen molar-refractivity contribution in [1.29, 1.82) is 5.41 Å². The predicted octanol–water partition coefficient (Wildman–Crippen LogP) is 3.44. The highest BCUT2D eigenvalue weighted by Crippen LogP contribution is 2.29. The predicted molar refractivity (Wildman–Crippen MR) is 113 cm³/mol. The molecule has 31 heavy (non-hydrogen) atoms. The van der Waals surface area contributed by atoms with Crippen LogP contribution in [0, 0.1) is 11.3 Å². The van der Waals surface area contributed by atoms with Crippen LogP contribution in [0.15, 0.2) is 30.3 Å². The monoisotopic (exact) mass is 433 g/mol. The number of amides is 1. The van der Waals surface area contributed by atoms with Gasteiger partial charge in [-0.25, -0.2) is 14.4 Å². The molecule has 0 radical (unpaired) electrons. The van der Waals surface area contributed by atoms with Crippen molar-refractivity contribution in [3.05, 3.63) is 35.9 Å². The number of carbonyl (C=O) groups excluding carboxylic acids is 2. The second kappa shape index (κ2) is 11.9. The molecule has 1 aromatic carbocycles. The Morgan fingerprint density at radius 3 is 2.39 bits per heavy atom. The maximum absolute atomic E-state index is 12.5. The van der Waals surface area contributed by atoms with Crippen LogP contribution in [0.3, 0.4) is 0 Å². The van der Waals surface area contributed by atoms with Crippen LogP contribution < -0.4 is 0 Å². The summed E-state index contributed by atoms with van der Waals surface area (Å²) in [5.41, 5.74) is 0.680. The number of carboxylic acids is 1. The van der Waals surface area contributed by atoms with E-state index in [2.05, 4.69) is 0 Å². The number of guanidine groups is 1. The fourth-order valence-electron chi connectivity index (χ4n) is 3.72. The van der Waals surface area contributed by atoms with Gasteiger partial charge in [-0.15, -0.1) is 0 Å². The molecule has 0 aromatic heterocycles. The summed E-state index contributed by atoms with van der Waals surface area (Å²) in [4.78, 5) is 43.3. The molecule has 1 amide bonds. The van der Waals surface area contributed by atoms with Crippen LogP contribution in [0.1, 0.15) is 51.0 Å². The van der Waals surface area contributed by atoms with Gasteiger partial charge in [0, 0.05) is 7.05 Å². The lowest BCUT2D eigenvalue weighted by Gasteiger charge is -2.36. The molecule has 1 aromatic rings. The number of ether oxygens (including phenoxy) is 1. The summed E-state index contributed by atoms with van der Waals surface area (Å²) in [6, 6.07) is 7.82. The van der Waals surface area contributed by atoms with E-state index in [1.807, 2.05) is 6.07 Å². The lowest BCUT2D eigenvalue weighted by Crippen LogP contribution is -2.54. The third-order valence-corrected chi connectivity index (χ3v) is 5.27. The maximum atomic E-state index is 12.5. The maximum Gasteiger partial charge on any atom is 0.451 e. The summed E-state index contributed by atoms with van der Waals surface area (Å²) in [5.74, 6) is -2.57. The van der Waals surface area contributed by atoms with Crippen molar-refractivity contribution < 1.29 is 29.1 Å². The zero-order chi connectivity index (χ0) is 22.8. The van der Waals surface area contributed by atoms with Crippen molar-refractivity contribution in [1.82, 2.24) is 9.96 Å². The van der Waals surface area contributed by atoms with Crippen LogP contribution in [-0.2, 0) is 25.6 Å². The lowest BCUT2D eigenvalue weighted by molar-refractivity contribution is -0.169. The SMILES string of the molecule is CCCOC(=O)N(OC(=O)Cc1ccccc1)C(=N)N(C)C(C(=O)O)C1CCCCC1. The van der Waals surface area contributed by atoms with E-state index in [0.29, 0.717) is 17.0 Å². The third-order valence-electron chi connectivity index (χ3n) is 5.27. The average Bonchev–Trinajstić information content (AvgIpc) is 2.76. The molecule has 1 saturated carbocycles. The Morgan fingerprint density at radius 1 is 1.16 bits per heavy atom. The van der Waals surface area contributed by atoms with Gasteiger partial charge < -0.3 is 19.6 Å². The number of likely N-dealkylation sites (N-methyl/N-ethyl adjacent to an activating group) is 1. The van der Waals surface area contributed by atoms with Crippen molar-refractivity contribution in [2.24, 2.45) is 5.92 Å². The molecule has 1 unspecified atom stereocenters. The molecule has 0 spiro atoms. The van der Waals surface area contributed by atoms with Gasteiger partial charge in [0.2, 0.25) is 5.96 Å². The molecule has 170 valence electrons. The Hall–Kier alpha value is -3.10. The molecule has 2 rings (SSSR count). The van der Waals surface area contributed by atoms with Gasteiger partial charge in [-0.1, -0.05) is 61.6 Å². The van der Waals surface area contributed by atoms with Gasteiger partial charge in [-0.3, -0.25) is 5.41 Å².